The van der Waals surface area contributed by atoms with Crippen molar-refractivity contribution in [3.63, 3.8) is 0 Å². The number of nitrogens with one attached hydrogen (secondary N) is 1. The van der Waals surface area contributed by atoms with E-state index in [1.165, 1.54) is 24.4 Å². The average Bonchev–Trinajstić information content (AvgIpc) is 3.61. The third-order valence-corrected chi connectivity index (χ3v) is 8.47. The van der Waals surface area contributed by atoms with Gasteiger partial charge in [-0.3, -0.25) is 4.79 Å². The first-order valence-corrected chi connectivity index (χ1v) is 14.9. The van der Waals surface area contributed by atoms with E-state index in [1.807, 2.05) is 0 Å². The van der Waals surface area contributed by atoms with Crippen molar-refractivity contribution < 1.29 is 45.2 Å². The molecule has 2 aliphatic rings. The zero-order valence-electron chi connectivity index (χ0n) is 23.6. The van der Waals surface area contributed by atoms with E-state index in [-0.39, 0.29) is 22.0 Å². The van der Waals surface area contributed by atoms with Crippen LogP contribution in [0.15, 0.2) is 39.9 Å². The fourth-order valence-corrected chi connectivity index (χ4v) is 5.80. The molecule has 3 atom stereocenters. The second-order valence-electron chi connectivity index (χ2n) is 11.4. The Hall–Kier alpha value is -3.33. The molecular formula is C27H31F5N4O5S. The fourth-order valence-electron chi connectivity index (χ4n) is 4.79. The Morgan fingerprint density at radius 2 is 1.83 bits per heavy atom. The number of benzene rings is 1. The third-order valence-electron chi connectivity index (χ3n) is 6.97. The van der Waals surface area contributed by atoms with Gasteiger partial charge in [-0.15, -0.1) is 4.36 Å². The smallest absolute Gasteiger partial charge is 0.442 e. The van der Waals surface area contributed by atoms with Gasteiger partial charge in [0.15, 0.2) is 17.2 Å². The molecule has 9 nitrogen and oxygen atoms in total. The maximum Gasteiger partial charge on any atom is 0.442 e. The standard InChI is InChI=1S/C27H31F5N4O5S/c1-25(2,3)41-24(38)35-42(5,39)20-12-16(10-11-33-20)34-23(37)19-13-26(40-4,27(30,31)32)14-36(19)18-9-8-17(28)22(29)21(18)15-6-7-15/h8-12,15,19H,6-7,13-14H2,1-5H3,(H,33,34,37)/t19?,26?,42-/m1/s1. The zero-order chi connectivity index (χ0) is 31.3. The highest BCUT2D eigenvalue weighted by Crippen LogP contribution is 2.50. The largest absolute Gasteiger partial charge is 0.442 e. The van der Waals surface area contributed by atoms with Crippen molar-refractivity contribution in [1.29, 1.82) is 0 Å². The van der Waals surface area contributed by atoms with E-state index < -0.39 is 75.7 Å². The van der Waals surface area contributed by atoms with Gasteiger partial charge >= 0.3 is 12.3 Å². The molecule has 230 valence electrons. The number of carbonyl (C=O) groups is 2. The maximum atomic E-state index is 14.9. The molecule has 4 rings (SSSR count). The topological polar surface area (TPSA) is 110 Å². The van der Waals surface area contributed by atoms with Gasteiger partial charge in [-0.1, -0.05) is 0 Å². The molecule has 1 saturated heterocycles. The minimum Gasteiger partial charge on any atom is -0.442 e. The lowest BCUT2D eigenvalue weighted by Crippen LogP contribution is -2.49. The molecule has 0 bridgehead atoms. The number of ether oxygens (including phenoxy) is 2. The molecule has 1 saturated carbocycles. The first-order valence-electron chi connectivity index (χ1n) is 13.0. The van der Waals surface area contributed by atoms with Crippen LogP contribution in [0.5, 0.6) is 0 Å². The molecular weight excluding hydrogens is 587 g/mol. The van der Waals surface area contributed by atoms with Crippen LogP contribution in [0.3, 0.4) is 0 Å². The van der Waals surface area contributed by atoms with Crippen molar-refractivity contribution in [2.45, 2.75) is 74.4 Å². The van der Waals surface area contributed by atoms with Crippen molar-refractivity contribution in [2.24, 2.45) is 4.36 Å². The molecule has 15 heteroatoms. The molecule has 1 aliphatic carbocycles. The Balaban J connectivity index is 1.69. The number of hydrogen-bond donors (Lipinski definition) is 1. The summed E-state index contributed by atoms with van der Waals surface area (Å²) in [5.74, 6) is -3.61. The summed E-state index contributed by atoms with van der Waals surface area (Å²) in [6.07, 6.45) is -3.45. The number of alkyl halides is 3. The molecule has 1 aromatic carbocycles. The van der Waals surface area contributed by atoms with Crippen LogP contribution in [0.4, 0.5) is 38.1 Å². The molecule has 0 spiro atoms. The minimum atomic E-state index is -4.89. The lowest BCUT2D eigenvalue weighted by Gasteiger charge is -2.31. The molecule has 2 unspecified atom stereocenters. The molecule has 0 radical (unpaired) electrons. The van der Waals surface area contributed by atoms with Gasteiger partial charge in [0.1, 0.15) is 26.4 Å². The molecule has 1 N–H and O–H groups in total. The number of rotatable bonds is 6. The second-order valence-corrected chi connectivity index (χ2v) is 13.6. The maximum absolute atomic E-state index is 14.9. The Morgan fingerprint density at radius 1 is 1.17 bits per heavy atom. The number of anilines is 2. The summed E-state index contributed by atoms with van der Waals surface area (Å²) in [6, 6.07) is 2.96. The van der Waals surface area contributed by atoms with Gasteiger partial charge in [-0.25, -0.2) is 22.8 Å². The number of carbonyl (C=O) groups excluding carboxylic acids is 2. The van der Waals surface area contributed by atoms with Gasteiger partial charge in [-0.05, 0) is 63.8 Å². The van der Waals surface area contributed by atoms with Crippen molar-refractivity contribution in [3.05, 3.63) is 47.7 Å². The monoisotopic (exact) mass is 618 g/mol. The van der Waals surface area contributed by atoms with Gasteiger partial charge in [-0.2, -0.15) is 13.2 Å². The first kappa shape index (κ1) is 31.6. The Bertz CT molecular complexity index is 1520. The van der Waals surface area contributed by atoms with E-state index in [2.05, 4.69) is 14.7 Å². The Morgan fingerprint density at radius 3 is 2.40 bits per heavy atom. The Labute approximate surface area is 240 Å². The van der Waals surface area contributed by atoms with Crippen molar-refractivity contribution in [2.75, 3.05) is 30.1 Å². The highest BCUT2D eigenvalue weighted by Gasteiger charge is 2.63. The number of nitrogens with zero attached hydrogens (tertiary/aromatic N) is 3. The molecule has 2 heterocycles. The fraction of sp³-hybridized carbons (Fsp3) is 0.519. The summed E-state index contributed by atoms with van der Waals surface area (Å²) < 4.78 is 98.6. The normalized spacial score (nSPS) is 22.4. The van der Waals surface area contributed by atoms with E-state index in [4.69, 9.17) is 9.47 Å². The third kappa shape index (κ3) is 6.51. The van der Waals surface area contributed by atoms with E-state index in [1.54, 1.807) is 20.8 Å². The molecule has 2 aromatic rings. The highest BCUT2D eigenvalue weighted by molar-refractivity contribution is 7.93. The van der Waals surface area contributed by atoms with Crippen LogP contribution in [-0.2, 0) is 24.0 Å². The van der Waals surface area contributed by atoms with Crippen LogP contribution in [0, 0.1) is 11.6 Å². The van der Waals surface area contributed by atoms with E-state index in [9.17, 15) is 35.8 Å². The number of hydrogen-bond acceptors (Lipinski definition) is 7. The number of pyridine rings is 1. The quantitative estimate of drug-likeness (QED) is 0.408. The number of methoxy groups -OCH3 is 1. The second kappa shape index (κ2) is 11.1. The van der Waals surface area contributed by atoms with Crippen LogP contribution in [0.1, 0.15) is 51.5 Å². The lowest BCUT2D eigenvalue weighted by molar-refractivity contribution is -0.261. The van der Waals surface area contributed by atoms with Gasteiger partial charge in [0.05, 0.1) is 6.54 Å². The summed E-state index contributed by atoms with van der Waals surface area (Å²) in [5, 5.41) is 2.31. The lowest BCUT2D eigenvalue weighted by atomic mass is 9.99. The van der Waals surface area contributed by atoms with Gasteiger partial charge in [0.25, 0.3) is 0 Å². The number of halogens is 5. The summed E-state index contributed by atoms with van der Waals surface area (Å²) in [5.41, 5.74) is -3.76. The van der Waals surface area contributed by atoms with Crippen molar-refractivity contribution >= 4 is 33.1 Å². The summed E-state index contributed by atoms with van der Waals surface area (Å²) in [7, 11) is -2.57. The van der Waals surface area contributed by atoms with E-state index in [0.29, 0.717) is 12.8 Å². The Kier molecular flexibility index (Phi) is 8.32. The molecule has 1 aliphatic heterocycles. The van der Waals surface area contributed by atoms with Crippen molar-refractivity contribution in [3.8, 4) is 0 Å². The highest BCUT2D eigenvalue weighted by atomic mass is 32.2. The average molecular weight is 619 g/mol. The molecule has 2 amide bonds. The van der Waals surface area contributed by atoms with Crippen LogP contribution < -0.4 is 10.2 Å². The minimum absolute atomic E-state index is 0.00791. The predicted octanol–water partition coefficient (Wildman–Crippen LogP) is 5.79. The van der Waals surface area contributed by atoms with Crippen LogP contribution >= 0.6 is 0 Å². The SMILES string of the molecule is COC1(C(F)(F)F)CC(C(=O)Nc2ccnc([S@@](C)(=O)=NC(=O)OC(C)(C)C)c2)N(c2ccc(F)c(F)c2C2CC2)C1. The van der Waals surface area contributed by atoms with Crippen LogP contribution in [0.2, 0.25) is 0 Å². The molecule has 42 heavy (non-hydrogen) atoms. The van der Waals surface area contributed by atoms with Crippen LogP contribution in [-0.4, -0.2) is 64.5 Å². The molecule has 1 aromatic heterocycles. The van der Waals surface area contributed by atoms with Gasteiger partial charge in [0, 0.05) is 42.9 Å². The van der Waals surface area contributed by atoms with Gasteiger partial charge in [0.2, 0.25) is 5.91 Å². The number of amides is 2. The zero-order valence-corrected chi connectivity index (χ0v) is 24.4. The number of aromatic nitrogens is 1. The predicted molar refractivity (Wildman–Crippen MR) is 144 cm³/mol. The van der Waals surface area contributed by atoms with E-state index >= 15 is 0 Å². The summed E-state index contributed by atoms with van der Waals surface area (Å²) in [4.78, 5) is 30.7. The summed E-state index contributed by atoms with van der Waals surface area (Å²) >= 11 is 0. The molecule has 2 fully saturated rings. The van der Waals surface area contributed by atoms with Gasteiger partial charge < -0.3 is 19.7 Å². The van der Waals surface area contributed by atoms with E-state index in [0.717, 1.165) is 24.3 Å². The van der Waals surface area contributed by atoms with Crippen LogP contribution in [0.25, 0.3) is 0 Å². The van der Waals surface area contributed by atoms with Crippen molar-refractivity contribution in [1.82, 2.24) is 4.98 Å². The summed E-state index contributed by atoms with van der Waals surface area (Å²) in [6.45, 7) is 3.96. The first-order chi connectivity index (χ1) is 19.4.